The molecule has 0 saturated carbocycles. The molecule has 0 rings (SSSR count). The van der Waals surface area contributed by atoms with Crippen LogP contribution in [0.2, 0.25) is 8.72 Å². The highest BCUT2D eigenvalue weighted by Crippen LogP contribution is 1.86. The van der Waals surface area contributed by atoms with Gasteiger partial charge in [-0.25, -0.2) is 0 Å². The molecule has 6 heavy (non-hydrogen) atoms. The fourth-order valence-electron chi connectivity index (χ4n) is 0. The quantitative estimate of drug-likeness (QED) is 0.453. The van der Waals surface area contributed by atoms with Crippen LogP contribution in [0.4, 0.5) is 0 Å². The van der Waals surface area contributed by atoms with Crippen LogP contribution in [0.1, 0.15) is 6.92 Å². The molecule has 0 fully saturated rings. The zero-order valence-corrected chi connectivity index (χ0v) is 8.92. The molecule has 0 bridgehead atoms. The van der Waals surface area contributed by atoms with Crippen molar-refractivity contribution in [2.75, 3.05) is 0 Å². The summed E-state index contributed by atoms with van der Waals surface area (Å²) < 4.78 is 1.16. The summed E-state index contributed by atoms with van der Waals surface area (Å²) in [5, 5.41) is 2.37. The van der Waals surface area contributed by atoms with Crippen molar-refractivity contribution < 1.29 is 0 Å². The summed E-state index contributed by atoms with van der Waals surface area (Å²) in [6.07, 6.45) is 0. The Kier molecular flexibility index (Phi) is 10.8. The van der Waals surface area contributed by atoms with Gasteiger partial charge >= 0.3 is 20.4 Å². The van der Waals surface area contributed by atoms with E-state index < -0.39 is 0 Å². The van der Waals surface area contributed by atoms with E-state index in [4.69, 9.17) is 0 Å². The van der Waals surface area contributed by atoms with Gasteiger partial charge in [-0.05, 0) is 10.2 Å². The SMILES string of the molecule is Cl.[CH3][Mg][CH](C)[SiH3]. The first-order valence-corrected chi connectivity index (χ1v) is 5.66. The molecule has 0 aliphatic carbocycles. The van der Waals surface area contributed by atoms with E-state index >= 15 is 0 Å². The van der Waals surface area contributed by atoms with Crippen molar-refractivity contribution in [2.24, 2.45) is 0 Å². The Morgan fingerprint density at radius 2 is 1.83 bits per heavy atom. The molecule has 0 aliphatic rings. The first-order valence-electron chi connectivity index (χ1n) is 2.27. The van der Waals surface area contributed by atoms with E-state index in [9.17, 15) is 0 Å². The van der Waals surface area contributed by atoms with Gasteiger partial charge in [-0.2, -0.15) is 5.05 Å². The van der Waals surface area contributed by atoms with Gasteiger partial charge in [-0.1, -0.05) is 6.92 Å². The molecule has 0 saturated heterocycles. The molecule has 3 heteroatoms. The summed E-state index contributed by atoms with van der Waals surface area (Å²) in [6.45, 7) is 2.35. The van der Waals surface area contributed by atoms with E-state index in [0.717, 1.165) is 3.67 Å². The van der Waals surface area contributed by atoms with E-state index in [2.05, 4.69) is 12.0 Å². The van der Waals surface area contributed by atoms with Crippen LogP contribution in [-0.4, -0.2) is 30.6 Å². The molecule has 0 N–H and O–H groups in total. The molecule has 0 spiro atoms. The molecule has 36 valence electrons. The Bertz CT molecular complexity index is 24.8. The van der Waals surface area contributed by atoms with Gasteiger partial charge in [0.15, 0.2) is 0 Å². The summed E-state index contributed by atoms with van der Waals surface area (Å²) in [4.78, 5) is 0. The van der Waals surface area contributed by atoms with Crippen molar-refractivity contribution in [2.45, 2.75) is 15.6 Å². The minimum Gasteiger partial charge on any atom is -0.157 e. The zero-order valence-electron chi connectivity index (χ0n) is 4.69. The Balaban J connectivity index is 0. The molecule has 1 unspecified atom stereocenters. The molecule has 0 aromatic heterocycles. The molecule has 0 amide bonds. The predicted molar refractivity (Wildman–Crippen MR) is 38.2 cm³/mol. The van der Waals surface area contributed by atoms with Crippen molar-refractivity contribution in [1.29, 1.82) is 0 Å². The molecule has 0 nitrogen and oxygen atoms in total. The first-order chi connectivity index (χ1) is 2.27. The van der Waals surface area contributed by atoms with Gasteiger partial charge in [-0.3, -0.25) is 0 Å². The average Bonchev–Trinajstić information content (AvgIpc) is 1.38. The molecule has 0 aromatic rings. The van der Waals surface area contributed by atoms with Crippen molar-refractivity contribution >= 4 is 43.0 Å². The summed E-state index contributed by atoms with van der Waals surface area (Å²) >= 11 is 0.410. The van der Waals surface area contributed by atoms with Crippen molar-refractivity contribution in [3.05, 3.63) is 0 Å². The second kappa shape index (κ2) is 6.27. The Morgan fingerprint density at radius 3 is 1.83 bits per heavy atom. The van der Waals surface area contributed by atoms with Crippen LogP contribution in [0, 0.1) is 0 Å². The highest BCUT2D eigenvalue weighted by atomic mass is 35.5. The molecule has 0 aliphatic heterocycles. The number of rotatable bonds is 1. The maximum atomic E-state index is 2.37. The maximum absolute atomic E-state index is 2.37. The minimum atomic E-state index is 0. The third-order valence-corrected chi connectivity index (χ3v) is 4.90. The third kappa shape index (κ3) is 8.99. The summed E-state index contributed by atoms with van der Waals surface area (Å²) in [5.41, 5.74) is 0. The topological polar surface area (TPSA) is 0 Å². The second-order valence-corrected chi connectivity index (χ2v) is 7.86. The van der Waals surface area contributed by atoms with Crippen LogP contribution in [-0.2, 0) is 0 Å². The van der Waals surface area contributed by atoms with Gasteiger partial charge in [0.25, 0.3) is 0 Å². The van der Waals surface area contributed by atoms with Crippen LogP contribution in [0.25, 0.3) is 0 Å². The minimum absolute atomic E-state index is 0. The van der Waals surface area contributed by atoms with Gasteiger partial charge in [0.2, 0.25) is 0 Å². The second-order valence-electron chi connectivity index (χ2n) is 1.80. The van der Waals surface area contributed by atoms with Crippen molar-refractivity contribution in [3.8, 4) is 0 Å². The van der Waals surface area contributed by atoms with Gasteiger partial charge in [0, 0.05) is 0 Å². The molecular formula is C3H11ClMgSi. The van der Waals surface area contributed by atoms with Crippen LogP contribution < -0.4 is 0 Å². The lowest BCUT2D eigenvalue weighted by Gasteiger charge is -1.86. The van der Waals surface area contributed by atoms with Crippen LogP contribution >= 0.6 is 12.4 Å². The van der Waals surface area contributed by atoms with Crippen LogP contribution in [0.5, 0.6) is 0 Å². The standard InChI is InChI=1S/C2H7Si.CH3.ClH.Mg/c1-2-3;;;/h2H,1,3H3;1H3;1H;. The lowest BCUT2D eigenvalue weighted by Crippen LogP contribution is -1.89. The van der Waals surface area contributed by atoms with E-state index in [1.165, 1.54) is 10.2 Å². The van der Waals surface area contributed by atoms with Crippen LogP contribution in [0.15, 0.2) is 0 Å². The lowest BCUT2D eigenvalue weighted by atomic mass is 10.9. The third-order valence-electron chi connectivity index (χ3n) is 0.816. The highest BCUT2D eigenvalue weighted by Gasteiger charge is 1.87. The zero-order chi connectivity index (χ0) is 4.28. The molecule has 0 radical (unpaired) electrons. The lowest BCUT2D eigenvalue weighted by molar-refractivity contribution is 1.34. The largest absolute Gasteiger partial charge is 0.359 e. The summed E-state index contributed by atoms with van der Waals surface area (Å²) in [6, 6.07) is 0. The Hall–Kier alpha value is 1.27. The van der Waals surface area contributed by atoms with Gasteiger partial charge in [-0.15, -0.1) is 16.1 Å². The molecule has 1 atom stereocenters. The highest BCUT2D eigenvalue weighted by molar-refractivity contribution is 6.48. The first kappa shape index (κ1) is 10.3. The van der Waals surface area contributed by atoms with E-state index in [-0.39, 0.29) is 12.4 Å². The van der Waals surface area contributed by atoms with Gasteiger partial charge in [0.1, 0.15) is 0 Å². The fourth-order valence-corrected chi connectivity index (χ4v) is 0. The fraction of sp³-hybridized carbons (Fsp3) is 1.00. The Morgan fingerprint density at radius 1 is 1.67 bits per heavy atom. The normalized spacial score (nSPS) is 11.7. The predicted octanol–water partition coefficient (Wildman–Crippen LogP) is 0.292. The van der Waals surface area contributed by atoms with E-state index in [1.54, 1.807) is 0 Å². The monoisotopic (exact) mass is 134 g/mol. The van der Waals surface area contributed by atoms with Gasteiger partial charge in [0.05, 0.1) is 0 Å². The summed E-state index contributed by atoms with van der Waals surface area (Å²) in [7, 11) is 1.43. The molecule has 0 heterocycles. The van der Waals surface area contributed by atoms with Crippen molar-refractivity contribution in [3.63, 3.8) is 0 Å². The van der Waals surface area contributed by atoms with Crippen LogP contribution in [0.3, 0.4) is 0 Å². The van der Waals surface area contributed by atoms with Crippen molar-refractivity contribution in [1.82, 2.24) is 0 Å². The van der Waals surface area contributed by atoms with Gasteiger partial charge < -0.3 is 0 Å². The maximum Gasteiger partial charge on any atom is 0.359 e. The van der Waals surface area contributed by atoms with E-state index in [1.807, 2.05) is 0 Å². The molecule has 0 aromatic carbocycles. The number of halogens is 1. The Labute approximate surface area is 58.6 Å². The smallest absolute Gasteiger partial charge is 0.157 e. The number of hydrogen-bond acceptors (Lipinski definition) is 0. The average molecular weight is 135 g/mol. The van der Waals surface area contributed by atoms with E-state index in [0.29, 0.717) is 20.4 Å². The number of hydrogen-bond donors (Lipinski definition) is 0. The molecular weight excluding hydrogens is 124 g/mol. The summed E-state index contributed by atoms with van der Waals surface area (Å²) in [5.74, 6) is 0.